The molecule has 0 saturated heterocycles. The largest absolute Gasteiger partial charge is 0.466 e. The zero-order valence-corrected chi connectivity index (χ0v) is 23.2. The van der Waals surface area contributed by atoms with Crippen LogP contribution in [0.1, 0.15) is 56.9 Å². The number of allylic oxidation sites excluding steroid dienone is 2. The maximum atomic E-state index is 12.4. The molecule has 2 atom stereocenters. The predicted octanol–water partition coefficient (Wildman–Crippen LogP) is 6.78. The van der Waals surface area contributed by atoms with E-state index < -0.39 is 17.5 Å². The molecule has 40 heavy (non-hydrogen) atoms. The summed E-state index contributed by atoms with van der Waals surface area (Å²) in [5, 5.41) is 0. The molecule has 3 aromatic rings. The fourth-order valence-electron chi connectivity index (χ4n) is 5.83. The van der Waals surface area contributed by atoms with Gasteiger partial charge >= 0.3 is 11.9 Å². The summed E-state index contributed by atoms with van der Waals surface area (Å²) in [4.78, 5) is 34.0. The first-order valence-electron chi connectivity index (χ1n) is 13.8. The first kappa shape index (κ1) is 27.3. The monoisotopic (exact) mass is 534 g/mol. The van der Waals surface area contributed by atoms with Crippen LogP contribution in [0.15, 0.2) is 95.0 Å². The third-order valence-electron chi connectivity index (χ3n) is 7.52. The lowest BCUT2D eigenvalue weighted by molar-refractivity contribution is -0.146. The molecule has 1 aromatic heterocycles. The summed E-state index contributed by atoms with van der Waals surface area (Å²) in [6, 6.07) is 22.5. The van der Waals surface area contributed by atoms with E-state index in [2.05, 4.69) is 62.4 Å². The summed E-state index contributed by atoms with van der Waals surface area (Å²) >= 11 is 0. The van der Waals surface area contributed by atoms with Gasteiger partial charge in [-0.25, -0.2) is 4.98 Å². The van der Waals surface area contributed by atoms with Gasteiger partial charge in [0.25, 0.3) is 0 Å². The van der Waals surface area contributed by atoms with Gasteiger partial charge in [-0.3, -0.25) is 14.6 Å². The number of hydrogen-bond acceptors (Lipinski definition) is 6. The average molecular weight is 535 g/mol. The second-order valence-electron chi connectivity index (χ2n) is 10.3. The number of aliphatic imine (C=N–C) groups is 1. The summed E-state index contributed by atoms with van der Waals surface area (Å²) in [6.07, 6.45) is 7.86. The Bertz CT molecular complexity index is 1490. The standard InChI is InChI=1S/C34H34N2O4/c1-4-28-27-19-23(3)21-34(28,35-22-24-11-13-26(14-12-24)25-9-7-6-8-10-25)29-15-16-31(36-30(29)20-27)40-33(38)18-17-32(37)39-5-2/h4,6-16,19,22,27H,5,17-18,20-21H2,1-3H3. The van der Waals surface area contributed by atoms with Crippen molar-refractivity contribution in [3.8, 4) is 17.0 Å². The number of fused-ring (bicyclic) bond motifs is 4. The Morgan fingerprint density at radius 1 is 1.00 bits per heavy atom. The highest BCUT2D eigenvalue weighted by Crippen LogP contribution is 2.52. The molecule has 5 rings (SSSR count). The molecular formula is C34H34N2O4. The van der Waals surface area contributed by atoms with Crippen LogP contribution in [0.5, 0.6) is 5.88 Å². The van der Waals surface area contributed by atoms with Crippen LogP contribution in [-0.2, 0) is 26.3 Å². The third kappa shape index (κ3) is 5.67. The Kier molecular flexibility index (Phi) is 8.06. The minimum Gasteiger partial charge on any atom is -0.466 e. The van der Waals surface area contributed by atoms with Crippen molar-refractivity contribution in [3.05, 3.63) is 107 Å². The number of ether oxygens (including phenoxy) is 2. The maximum absolute atomic E-state index is 12.4. The smallest absolute Gasteiger partial charge is 0.313 e. The van der Waals surface area contributed by atoms with Crippen LogP contribution < -0.4 is 4.74 Å². The summed E-state index contributed by atoms with van der Waals surface area (Å²) in [6.45, 7) is 6.26. The Morgan fingerprint density at radius 3 is 2.45 bits per heavy atom. The van der Waals surface area contributed by atoms with E-state index in [1.54, 1.807) is 13.0 Å². The molecule has 2 unspecified atom stereocenters. The van der Waals surface area contributed by atoms with Crippen LogP contribution in [0.2, 0.25) is 0 Å². The molecule has 0 aliphatic heterocycles. The molecule has 0 radical (unpaired) electrons. The van der Waals surface area contributed by atoms with E-state index in [4.69, 9.17) is 19.5 Å². The topological polar surface area (TPSA) is 77.8 Å². The van der Waals surface area contributed by atoms with Gasteiger partial charge in [0.15, 0.2) is 0 Å². The number of rotatable bonds is 8. The number of carbonyl (C=O) groups excluding carboxylic acids is 2. The number of pyridine rings is 1. The van der Waals surface area contributed by atoms with E-state index in [1.807, 2.05) is 30.5 Å². The maximum Gasteiger partial charge on any atom is 0.313 e. The first-order valence-corrected chi connectivity index (χ1v) is 13.8. The van der Waals surface area contributed by atoms with Gasteiger partial charge in [-0.15, -0.1) is 0 Å². The number of nitrogens with zero attached hydrogens (tertiary/aromatic N) is 2. The molecular weight excluding hydrogens is 500 g/mol. The number of benzene rings is 2. The van der Waals surface area contributed by atoms with Crippen LogP contribution in [0.3, 0.4) is 0 Å². The van der Waals surface area contributed by atoms with Crippen LogP contribution in [0, 0.1) is 5.92 Å². The number of carbonyl (C=O) groups is 2. The molecule has 2 aliphatic rings. The molecule has 0 saturated carbocycles. The molecule has 204 valence electrons. The highest BCUT2D eigenvalue weighted by atomic mass is 16.5. The van der Waals surface area contributed by atoms with Crippen molar-refractivity contribution in [1.29, 1.82) is 0 Å². The second-order valence-corrected chi connectivity index (χ2v) is 10.3. The van der Waals surface area contributed by atoms with Crippen molar-refractivity contribution >= 4 is 18.2 Å². The molecule has 2 aliphatic carbocycles. The van der Waals surface area contributed by atoms with E-state index in [9.17, 15) is 9.59 Å². The third-order valence-corrected chi connectivity index (χ3v) is 7.52. The highest BCUT2D eigenvalue weighted by molar-refractivity contribution is 5.82. The minimum atomic E-state index is -0.566. The van der Waals surface area contributed by atoms with Crippen LogP contribution >= 0.6 is 0 Å². The summed E-state index contributed by atoms with van der Waals surface area (Å²) in [5.41, 5.74) is 7.29. The van der Waals surface area contributed by atoms with Crippen LogP contribution in [0.4, 0.5) is 0 Å². The number of hydrogen-bond donors (Lipinski definition) is 0. The van der Waals surface area contributed by atoms with Crippen molar-refractivity contribution in [2.24, 2.45) is 10.9 Å². The van der Waals surface area contributed by atoms with Gasteiger partial charge in [0.2, 0.25) is 5.88 Å². The van der Waals surface area contributed by atoms with Crippen molar-refractivity contribution in [2.45, 2.75) is 52.0 Å². The Hall–Kier alpha value is -4.32. The van der Waals surface area contributed by atoms with Gasteiger partial charge in [-0.05, 0) is 49.1 Å². The van der Waals surface area contributed by atoms with Gasteiger partial charge in [0.05, 0.1) is 25.1 Å². The lowest BCUT2D eigenvalue weighted by atomic mass is 9.63. The molecule has 0 N–H and O–H groups in total. The quantitative estimate of drug-likeness (QED) is 0.181. The van der Waals surface area contributed by atoms with Crippen molar-refractivity contribution in [1.82, 2.24) is 4.98 Å². The van der Waals surface area contributed by atoms with Gasteiger partial charge in [0.1, 0.15) is 5.54 Å². The zero-order valence-electron chi connectivity index (χ0n) is 23.2. The molecule has 0 fully saturated rings. The van der Waals surface area contributed by atoms with Crippen molar-refractivity contribution in [2.75, 3.05) is 6.61 Å². The van der Waals surface area contributed by atoms with Gasteiger partial charge in [0, 0.05) is 36.6 Å². The van der Waals surface area contributed by atoms with Gasteiger partial charge < -0.3 is 9.47 Å². The van der Waals surface area contributed by atoms with E-state index >= 15 is 0 Å². The predicted molar refractivity (Wildman–Crippen MR) is 156 cm³/mol. The fourth-order valence-corrected chi connectivity index (χ4v) is 5.83. The van der Waals surface area contributed by atoms with E-state index in [1.165, 1.54) is 16.7 Å². The number of aromatic nitrogens is 1. The Morgan fingerprint density at radius 2 is 1.73 bits per heavy atom. The van der Waals surface area contributed by atoms with E-state index in [0.717, 1.165) is 28.8 Å². The summed E-state index contributed by atoms with van der Waals surface area (Å²) < 4.78 is 10.4. The highest BCUT2D eigenvalue weighted by Gasteiger charge is 2.46. The fraction of sp³-hybridized carbons (Fsp3) is 0.294. The van der Waals surface area contributed by atoms with Crippen molar-refractivity contribution < 1.29 is 19.1 Å². The van der Waals surface area contributed by atoms with Crippen LogP contribution in [-0.4, -0.2) is 29.7 Å². The molecule has 0 amide bonds. The summed E-state index contributed by atoms with van der Waals surface area (Å²) in [5.74, 6) is -0.508. The molecule has 2 bridgehead atoms. The SMILES string of the molecule is CC=C1C2C=C(C)CC1(N=Cc1ccc(-c3ccccc3)cc1)c1ccc(OC(=O)CCC(=O)OCC)nc1C2. The average Bonchev–Trinajstić information content (AvgIpc) is 2.95. The van der Waals surface area contributed by atoms with Gasteiger partial charge in [-0.2, -0.15) is 0 Å². The van der Waals surface area contributed by atoms with E-state index in [-0.39, 0.29) is 31.2 Å². The Labute approximate surface area is 235 Å². The van der Waals surface area contributed by atoms with Gasteiger partial charge in [-0.1, -0.05) is 72.3 Å². The molecule has 6 heteroatoms. The second kappa shape index (κ2) is 11.8. The number of esters is 2. The van der Waals surface area contributed by atoms with Crippen molar-refractivity contribution in [3.63, 3.8) is 0 Å². The Balaban J connectivity index is 1.42. The van der Waals surface area contributed by atoms with E-state index in [0.29, 0.717) is 6.42 Å². The molecule has 0 spiro atoms. The first-order chi connectivity index (χ1) is 19.4. The molecule has 1 heterocycles. The minimum absolute atomic E-state index is 0.0153. The van der Waals surface area contributed by atoms with Crippen LogP contribution in [0.25, 0.3) is 11.1 Å². The lowest BCUT2D eigenvalue weighted by Gasteiger charge is -2.45. The normalized spacial score (nSPS) is 20.6. The lowest BCUT2D eigenvalue weighted by Crippen LogP contribution is -2.40. The summed E-state index contributed by atoms with van der Waals surface area (Å²) in [7, 11) is 0. The molecule has 6 nitrogen and oxygen atoms in total. The molecule has 2 aromatic carbocycles. The zero-order chi connectivity index (χ0) is 28.1.